The molecule has 1 atom stereocenters. The van der Waals surface area contributed by atoms with Crippen LogP contribution < -0.4 is 5.32 Å². The maximum Gasteiger partial charge on any atom is 0.269 e. The zero-order valence-corrected chi connectivity index (χ0v) is 15.8. The summed E-state index contributed by atoms with van der Waals surface area (Å²) < 4.78 is 2.08. The third kappa shape index (κ3) is 4.62. The number of anilines is 1. The van der Waals surface area contributed by atoms with Gasteiger partial charge in [0.2, 0.25) is 5.91 Å². The molecule has 0 fully saturated rings. The number of imidazole rings is 1. The number of nitrogens with zero attached hydrogens (tertiary/aromatic N) is 3. The predicted molar refractivity (Wildman–Crippen MR) is 107 cm³/mol. The topological polar surface area (TPSA) is 90.1 Å². The number of nitrogens with one attached hydrogen (secondary N) is 1. The van der Waals surface area contributed by atoms with Crippen LogP contribution in [0.25, 0.3) is 0 Å². The van der Waals surface area contributed by atoms with Gasteiger partial charge in [0.15, 0.2) is 0 Å². The number of non-ortho nitro benzene ring substituents is 1. The summed E-state index contributed by atoms with van der Waals surface area (Å²) in [7, 11) is 0. The van der Waals surface area contributed by atoms with Crippen molar-refractivity contribution in [2.24, 2.45) is 5.92 Å². The molecular formula is C21H22N4O3. The fraction of sp³-hybridized carbons (Fsp3) is 0.238. The Labute approximate surface area is 163 Å². The van der Waals surface area contributed by atoms with E-state index < -0.39 is 4.92 Å². The van der Waals surface area contributed by atoms with E-state index >= 15 is 0 Å². The van der Waals surface area contributed by atoms with Gasteiger partial charge < -0.3 is 9.88 Å². The van der Waals surface area contributed by atoms with Crippen molar-refractivity contribution in [1.82, 2.24) is 9.55 Å². The van der Waals surface area contributed by atoms with Gasteiger partial charge in [0.25, 0.3) is 5.69 Å². The Morgan fingerprint density at radius 1 is 1.14 bits per heavy atom. The third-order valence-corrected chi connectivity index (χ3v) is 4.53. The largest absolute Gasteiger partial charge is 0.330 e. The summed E-state index contributed by atoms with van der Waals surface area (Å²) in [4.78, 5) is 26.6. The van der Waals surface area contributed by atoms with Crippen LogP contribution in [0.15, 0.2) is 67.3 Å². The third-order valence-electron chi connectivity index (χ3n) is 4.53. The Balaban J connectivity index is 1.65. The van der Waals surface area contributed by atoms with Crippen LogP contribution in [-0.2, 0) is 11.2 Å². The minimum atomic E-state index is -0.459. The Kier molecular flexibility index (Phi) is 5.84. The molecule has 0 saturated carbocycles. The predicted octanol–water partition coefficient (Wildman–Crippen LogP) is 4.22. The summed E-state index contributed by atoms with van der Waals surface area (Å²) in [6.07, 6.45) is 5.68. The molecule has 0 radical (unpaired) electrons. The molecule has 144 valence electrons. The second-order valence-corrected chi connectivity index (χ2v) is 6.97. The number of aromatic nitrogens is 2. The molecule has 0 aliphatic carbocycles. The number of hydrogen-bond acceptors (Lipinski definition) is 4. The average molecular weight is 378 g/mol. The Morgan fingerprint density at radius 2 is 1.82 bits per heavy atom. The number of amides is 1. The van der Waals surface area contributed by atoms with E-state index in [0.717, 1.165) is 11.1 Å². The first-order chi connectivity index (χ1) is 13.4. The molecule has 1 heterocycles. The van der Waals surface area contributed by atoms with Gasteiger partial charge in [-0.2, -0.15) is 0 Å². The lowest BCUT2D eigenvalue weighted by molar-refractivity contribution is -0.384. The fourth-order valence-electron chi connectivity index (χ4n) is 3.22. The van der Waals surface area contributed by atoms with Crippen molar-refractivity contribution in [3.05, 3.63) is 88.5 Å². The van der Waals surface area contributed by atoms with Crippen molar-refractivity contribution in [2.45, 2.75) is 26.3 Å². The number of benzene rings is 2. The van der Waals surface area contributed by atoms with E-state index in [-0.39, 0.29) is 24.1 Å². The van der Waals surface area contributed by atoms with Gasteiger partial charge in [0.05, 0.1) is 23.7 Å². The molecule has 0 saturated heterocycles. The van der Waals surface area contributed by atoms with Crippen LogP contribution in [0.1, 0.15) is 31.0 Å². The monoisotopic (exact) mass is 378 g/mol. The molecule has 0 aliphatic rings. The highest BCUT2D eigenvalue weighted by atomic mass is 16.6. The second kappa shape index (κ2) is 8.47. The first kappa shape index (κ1) is 19.3. The van der Waals surface area contributed by atoms with Gasteiger partial charge in [0.1, 0.15) is 0 Å². The normalized spacial score (nSPS) is 12.0. The molecule has 1 aromatic heterocycles. The lowest BCUT2D eigenvalue weighted by Crippen LogP contribution is -2.16. The minimum absolute atomic E-state index is 0.0114. The van der Waals surface area contributed by atoms with Gasteiger partial charge in [-0.1, -0.05) is 38.1 Å². The number of nitro groups is 1. The van der Waals surface area contributed by atoms with E-state index in [0.29, 0.717) is 11.6 Å². The second-order valence-electron chi connectivity index (χ2n) is 6.97. The molecule has 1 amide bonds. The van der Waals surface area contributed by atoms with Crippen molar-refractivity contribution in [3.63, 3.8) is 0 Å². The van der Waals surface area contributed by atoms with E-state index in [1.54, 1.807) is 18.3 Å². The van der Waals surface area contributed by atoms with Crippen molar-refractivity contribution >= 4 is 17.3 Å². The van der Waals surface area contributed by atoms with E-state index in [4.69, 9.17) is 0 Å². The molecule has 28 heavy (non-hydrogen) atoms. The molecular weight excluding hydrogens is 356 g/mol. The summed E-state index contributed by atoms with van der Waals surface area (Å²) in [5.41, 5.74) is 2.59. The number of hydrogen-bond donors (Lipinski definition) is 1. The maximum atomic E-state index is 12.3. The van der Waals surface area contributed by atoms with Crippen molar-refractivity contribution in [2.75, 3.05) is 5.32 Å². The van der Waals surface area contributed by atoms with Crippen LogP contribution in [0, 0.1) is 16.0 Å². The van der Waals surface area contributed by atoms with Crippen LogP contribution in [0.4, 0.5) is 11.4 Å². The standard InChI is InChI=1S/C21H22N4O3/c1-15(2)21(24-12-11-22-14-24)17-5-7-18(8-6-17)23-20(26)13-16-3-9-19(10-4-16)25(27)28/h3-12,14-15,21H,13H2,1-2H3,(H,23,26). The summed E-state index contributed by atoms with van der Waals surface area (Å²) >= 11 is 0. The lowest BCUT2D eigenvalue weighted by Gasteiger charge is -2.23. The molecule has 1 unspecified atom stereocenters. The van der Waals surface area contributed by atoms with Gasteiger partial charge in [-0.05, 0) is 29.2 Å². The molecule has 0 bridgehead atoms. The Morgan fingerprint density at radius 3 is 2.36 bits per heavy atom. The summed E-state index contributed by atoms with van der Waals surface area (Å²) in [5, 5.41) is 13.6. The van der Waals surface area contributed by atoms with E-state index in [2.05, 4.69) is 28.7 Å². The molecule has 0 spiro atoms. The van der Waals surface area contributed by atoms with Crippen LogP contribution in [0.2, 0.25) is 0 Å². The SMILES string of the molecule is CC(C)C(c1ccc(NC(=O)Cc2ccc([N+](=O)[O-])cc2)cc1)n1ccnc1. The van der Waals surface area contributed by atoms with E-state index in [1.807, 2.05) is 36.8 Å². The quantitative estimate of drug-likeness (QED) is 0.492. The summed E-state index contributed by atoms with van der Waals surface area (Å²) in [5.74, 6) is 0.216. The minimum Gasteiger partial charge on any atom is -0.330 e. The molecule has 7 nitrogen and oxygen atoms in total. The Hall–Kier alpha value is -3.48. The number of rotatable bonds is 7. The maximum absolute atomic E-state index is 12.3. The lowest BCUT2D eigenvalue weighted by atomic mass is 9.95. The molecule has 1 N–H and O–H groups in total. The van der Waals surface area contributed by atoms with Crippen LogP contribution in [-0.4, -0.2) is 20.4 Å². The van der Waals surface area contributed by atoms with Crippen molar-refractivity contribution in [1.29, 1.82) is 0 Å². The Bertz CT molecular complexity index is 933. The number of carbonyl (C=O) groups excluding carboxylic acids is 1. The zero-order chi connectivity index (χ0) is 20.1. The first-order valence-electron chi connectivity index (χ1n) is 9.04. The van der Waals surface area contributed by atoms with Crippen molar-refractivity contribution in [3.8, 4) is 0 Å². The fourth-order valence-corrected chi connectivity index (χ4v) is 3.22. The molecule has 3 rings (SSSR count). The van der Waals surface area contributed by atoms with Gasteiger partial charge in [-0.15, -0.1) is 0 Å². The highest BCUT2D eigenvalue weighted by Crippen LogP contribution is 2.27. The van der Waals surface area contributed by atoms with Gasteiger partial charge >= 0.3 is 0 Å². The van der Waals surface area contributed by atoms with Gasteiger partial charge in [-0.25, -0.2) is 4.98 Å². The zero-order valence-electron chi connectivity index (χ0n) is 15.8. The molecule has 0 aliphatic heterocycles. The number of nitro benzene ring substituents is 1. The van der Waals surface area contributed by atoms with Crippen LogP contribution in [0.5, 0.6) is 0 Å². The van der Waals surface area contributed by atoms with Gasteiger partial charge in [-0.3, -0.25) is 14.9 Å². The van der Waals surface area contributed by atoms with Crippen LogP contribution in [0.3, 0.4) is 0 Å². The highest BCUT2D eigenvalue weighted by molar-refractivity contribution is 5.92. The van der Waals surface area contributed by atoms with Crippen molar-refractivity contribution < 1.29 is 9.72 Å². The summed E-state index contributed by atoms with van der Waals surface area (Å²) in [6, 6.07) is 14.0. The average Bonchev–Trinajstić information content (AvgIpc) is 3.17. The number of carbonyl (C=O) groups is 1. The van der Waals surface area contributed by atoms with Gasteiger partial charge in [0, 0.05) is 30.2 Å². The highest BCUT2D eigenvalue weighted by Gasteiger charge is 2.17. The van der Waals surface area contributed by atoms with Crippen LogP contribution >= 0.6 is 0 Å². The summed E-state index contributed by atoms with van der Waals surface area (Å²) in [6.45, 7) is 4.31. The van der Waals surface area contributed by atoms with E-state index in [1.165, 1.54) is 12.1 Å². The smallest absolute Gasteiger partial charge is 0.269 e. The molecule has 7 heteroatoms. The van der Waals surface area contributed by atoms with E-state index in [9.17, 15) is 14.9 Å². The molecule has 2 aromatic carbocycles. The first-order valence-corrected chi connectivity index (χ1v) is 9.04. The molecule has 3 aromatic rings.